The lowest BCUT2D eigenvalue weighted by atomic mass is 10.1. The quantitative estimate of drug-likeness (QED) is 0.544. The number of halogens is 1. The first kappa shape index (κ1) is 15.3. The summed E-state index contributed by atoms with van der Waals surface area (Å²) in [5.74, 6) is -1.06. The summed E-state index contributed by atoms with van der Waals surface area (Å²) in [5, 5.41) is 0.511. The predicted molar refractivity (Wildman–Crippen MR) is 89.1 cm³/mol. The van der Waals surface area contributed by atoms with Gasteiger partial charge < -0.3 is 4.57 Å². The van der Waals surface area contributed by atoms with Crippen molar-refractivity contribution in [3.63, 3.8) is 0 Å². The van der Waals surface area contributed by atoms with Crippen LogP contribution in [-0.4, -0.2) is 34.1 Å². The molecule has 4 rings (SSSR count). The molecule has 6 heteroatoms. The second-order valence-electron chi connectivity index (χ2n) is 5.86. The van der Waals surface area contributed by atoms with Crippen molar-refractivity contribution in [1.29, 1.82) is 0 Å². The molecular formula is C19H13FN2O3. The van der Waals surface area contributed by atoms with Crippen molar-refractivity contribution in [3.05, 3.63) is 71.2 Å². The number of aldehydes is 1. The van der Waals surface area contributed by atoms with Crippen LogP contribution in [0.25, 0.3) is 10.9 Å². The van der Waals surface area contributed by atoms with Gasteiger partial charge >= 0.3 is 0 Å². The van der Waals surface area contributed by atoms with Gasteiger partial charge in [-0.15, -0.1) is 0 Å². The number of carbonyl (C=O) groups is 3. The summed E-state index contributed by atoms with van der Waals surface area (Å²) in [4.78, 5) is 37.2. The number of aromatic nitrogens is 1. The van der Waals surface area contributed by atoms with Crippen LogP contribution in [0, 0.1) is 5.82 Å². The molecule has 0 aliphatic carbocycles. The topological polar surface area (TPSA) is 59.4 Å². The van der Waals surface area contributed by atoms with E-state index in [2.05, 4.69) is 0 Å². The molecule has 0 unspecified atom stereocenters. The minimum atomic E-state index is -0.423. The highest BCUT2D eigenvalue weighted by molar-refractivity contribution is 6.21. The van der Waals surface area contributed by atoms with Crippen LogP contribution >= 0.6 is 0 Å². The molecule has 0 saturated heterocycles. The molecule has 2 amide bonds. The molecule has 0 radical (unpaired) electrons. The minimum Gasteiger partial charge on any atom is -0.345 e. The van der Waals surface area contributed by atoms with Gasteiger partial charge in [0.25, 0.3) is 11.8 Å². The van der Waals surface area contributed by atoms with E-state index in [1.807, 2.05) is 0 Å². The van der Waals surface area contributed by atoms with Crippen molar-refractivity contribution < 1.29 is 18.8 Å². The molecule has 124 valence electrons. The number of nitrogens with zero attached hydrogens (tertiary/aromatic N) is 2. The van der Waals surface area contributed by atoms with Gasteiger partial charge in [0.2, 0.25) is 0 Å². The average molecular weight is 336 g/mol. The SMILES string of the molecule is O=Cc1cn(CCN2C(=O)c3ccccc3C2=O)c2ccc(F)cc12. The highest BCUT2D eigenvalue weighted by atomic mass is 19.1. The van der Waals surface area contributed by atoms with Gasteiger partial charge in [-0.05, 0) is 30.3 Å². The molecule has 3 aromatic rings. The Morgan fingerprint density at radius 1 is 0.960 bits per heavy atom. The fourth-order valence-electron chi connectivity index (χ4n) is 3.23. The summed E-state index contributed by atoms with van der Waals surface area (Å²) in [5.41, 5.74) is 1.86. The predicted octanol–water partition coefficient (Wildman–Crippen LogP) is 2.89. The smallest absolute Gasteiger partial charge is 0.261 e. The van der Waals surface area contributed by atoms with Crippen molar-refractivity contribution in [3.8, 4) is 0 Å². The van der Waals surface area contributed by atoms with Crippen LogP contribution in [0.15, 0.2) is 48.7 Å². The molecule has 1 aliphatic rings. The van der Waals surface area contributed by atoms with E-state index in [-0.39, 0.29) is 18.4 Å². The number of imide groups is 1. The molecule has 2 aromatic carbocycles. The van der Waals surface area contributed by atoms with Crippen LogP contribution in [0.3, 0.4) is 0 Å². The fourth-order valence-corrected chi connectivity index (χ4v) is 3.23. The maximum Gasteiger partial charge on any atom is 0.261 e. The monoisotopic (exact) mass is 336 g/mol. The maximum absolute atomic E-state index is 13.4. The molecule has 1 aromatic heterocycles. The normalized spacial score (nSPS) is 13.6. The number of rotatable bonds is 4. The summed E-state index contributed by atoms with van der Waals surface area (Å²) in [6.07, 6.45) is 2.27. The first-order valence-corrected chi connectivity index (χ1v) is 7.79. The largest absolute Gasteiger partial charge is 0.345 e. The fraction of sp³-hybridized carbons (Fsp3) is 0.105. The summed E-state index contributed by atoms with van der Waals surface area (Å²) in [7, 11) is 0. The van der Waals surface area contributed by atoms with Gasteiger partial charge in [0.05, 0.1) is 11.1 Å². The van der Waals surface area contributed by atoms with Gasteiger partial charge in [0.1, 0.15) is 5.82 Å². The lowest BCUT2D eigenvalue weighted by Crippen LogP contribution is -2.32. The minimum absolute atomic E-state index is 0.172. The van der Waals surface area contributed by atoms with Gasteiger partial charge in [0.15, 0.2) is 6.29 Å². The highest BCUT2D eigenvalue weighted by Crippen LogP contribution is 2.24. The van der Waals surface area contributed by atoms with E-state index in [0.717, 1.165) is 0 Å². The Morgan fingerprint density at radius 3 is 2.28 bits per heavy atom. The molecule has 0 bridgehead atoms. The highest BCUT2D eigenvalue weighted by Gasteiger charge is 2.34. The first-order valence-electron chi connectivity index (χ1n) is 7.79. The van der Waals surface area contributed by atoms with E-state index in [9.17, 15) is 18.8 Å². The Balaban J connectivity index is 1.63. The molecule has 0 N–H and O–H groups in total. The van der Waals surface area contributed by atoms with E-state index in [0.29, 0.717) is 40.4 Å². The van der Waals surface area contributed by atoms with Crippen molar-refractivity contribution in [2.75, 3.05) is 6.54 Å². The van der Waals surface area contributed by atoms with Crippen LogP contribution < -0.4 is 0 Å². The van der Waals surface area contributed by atoms with Gasteiger partial charge in [-0.25, -0.2) is 4.39 Å². The first-order chi connectivity index (χ1) is 12.1. The van der Waals surface area contributed by atoms with Crippen LogP contribution in [0.5, 0.6) is 0 Å². The Morgan fingerprint density at radius 2 is 1.64 bits per heavy atom. The van der Waals surface area contributed by atoms with Gasteiger partial charge in [-0.3, -0.25) is 19.3 Å². The zero-order chi connectivity index (χ0) is 17.6. The van der Waals surface area contributed by atoms with Crippen LogP contribution in [0.1, 0.15) is 31.1 Å². The summed E-state index contributed by atoms with van der Waals surface area (Å²) >= 11 is 0. The van der Waals surface area contributed by atoms with E-state index < -0.39 is 5.82 Å². The van der Waals surface area contributed by atoms with E-state index >= 15 is 0 Å². The molecule has 2 heterocycles. The van der Waals surface area contributed by atoms with Crippen molar-refractivity contribution in [2.24, 2.45) is 0 Å². The Kier molecular flexibility index (Phi) is 3.46. The third-order valence-electron chi connectivity index (χ3n) is 4.44. The molecule has 1 aliphatic heterocycles. The van der Waals surface area contributed by atoms with Gasteiger partial charge in [0, 0.05) is 35.8 Å². The Bertz CT molecular complexity index is 1000. The second-order valence-corrected chi connectivity index (χ2v) is 5.86. The number of amides is 2. The lowest BCUT2D eigenvalue weighted by Gasteiger charge is -2.14. The van der Waals surface area contributed by atoms with Crippen molar-refractivity contribution >= 4 is 29.0 Å². The molecule has 0 fully saturated rings. The van der Waals surface area contributed by atoms with Crippen LogP contribution in [0.4, 0.5) is 4.39 Å². The molecule has 5 nitrogen and oxygen atoms in total. The summed E-state index contributed by atoms with van der Waals surface area (Å²) < 4.78 is 15.2. The summed E-state index contributed by atoms with van der Waals surface area (Å²) in [6, 6.07) is 10.9. The van der Waals surface area contributed by atoms with Gasteiger partial charge in [-0.1, -0.05) is 12.1 Å². The van der Waals surface area contributed by atoms with Gasteiger partial charge in [-0.2, -0.15) is 0 Å². The van der Waals surface area contributed by atoms with Crippen LogP contribution in [-0.2, 0) is 6.54 Å². The molecule has 25 heavy (non-hydrogen) atoms. The Labute approximate surface area is 142 Å². The zero-order valence-corrected chi connectivity index (χ0v) is 13.1. The third-order valence-corrected chi connectivity index (χ3v) is 4.44. The lowest BCUT2D eigenvalue weighted by molar-refractivity contribution is 0.0649. The number of hydrogen-bond acceptors (Lipinski definition) is 3. The van der Waals surface area contributed by atoms with Crippen molar-refractivity contribution in [1.82, 2.24) is 9.47 Å². The Hall–Kier alpha value is -3.28. The third kappa shape index (κ3) is 2.34. The number of fused-ring (bicyclic) bond motifs is 2. The molecule has 0 spiro atoms. The number of hydrogen-bond donors (Lipinski definition) is 0. The van der Waals surface area contributed by atoms with E-state index in [1.54, 1.807) is 41.1 Å². The molecular weight excluding hydrogens is 323 g/mol. The van der Waals surface area contributed by atoms with E-state index in [4.69, 9.17) is 0 Å². The van der Waals surface area contributed by atoms with Crippen molar-refractivity contribution in [2.45, 2.75) is 6.54 Å². The molecule has 0 saturated carbocycles. The summed E-state index contributed by atoms with van der Waals surface area (Å²) in [6.45, 7) is 0.493. The zero-order valence-electron chi connectivity index (χ0n) is 13.1. The number of benzene rings is 2. The van der Waals surface area contributed by atoms with Crippen LogP contribution in [0.2, 0.25) is 0 Å². The second kappa shape index (κ2) is 5.66. The average Bonchev–Trinajstić information content (AvgIpc) is 3.09. The standard InChI is InChI=1S/C19H13FN2O3/c20-13-5-6-17-16(9-13)12(11-23)10-21(17)7-8-22-18(24)14-3-1-2-4-15(14)19(22)25/h1-6,9-11H,7-8H2. The maximum atomic E-state index is 13.4. The van der Waals surface area contributed by atoms with E-state index in [1.165, 1.54) is 17.0 Å². The number of carbonyl (C=O) groups excluding carboxylic acids is 3. The molecule has 0 atom stereocenters.